The number of carbonyl (C=O) groups is 1. The number of nitrogens with one attached hydrogen (secondary N) is 1. The van der Waals surface area contributed by atoms with Crippen LogP contribution in [0.5, 0.6) is 0 Å². The molecule has 0 saturated carbocycles. The topological polar surface area (TPSA) is 72.9 Å². The highest BCUT2D eigenvalue weighted by molar-refractivity contribution is 5.81. The summed E-state index contributed by atoms with van der Waals surface area (Å²) in [7, 11) is 1.84. The highest BCUT2D eigenvalue weighted by Gasteiger charge is 2.16. The molecule has 1 rings (SSSR count). The van der Waals surface area contributed by atoms with E-state index in [0.717, 1.165) is 5.56 Å². The van der Waals surface area contributed by atoms with E-state index in [4.69, 9.17) is 5.73 Å². The molecule has 1 aromatic heterocycles. The van der Waals surface area contributed by atoms with Gasteiger partial charge in [-0.3, -0.25) is 9.48 Å². The molecule has 5 heteroatoms. The summed E-state index contributed by atoms with van der Waals surface area (Å²) in [5.74, 6) is 0.0350. The first kappa shape index (κ1) is 11.7. The summed E-state index contributed by atoms with van der Waals surface area (Å²) < 4.78 is 1.70. The van der Waals surface area contributed by atoms with Gasteiger partial charge in [-0.2, -0.15) is 5.10 Å². The van der Waals surface area contributed by atoms with Crippen molar-refractivity contribution < 1.29 is 4.79 Å². The van der Waals surface area contributed by atoms with E-state index >= 15 is 0 Å². The maximum atomic E-state index is 11.5. The third kappa shape index (κ3) is 3.36. The first-order valence-electron chi connectivity index (χ1n) is 5.01. The van der Waals surface area contributed by atoms with Crippen molar-refractivity contribution in [3.05, 3.63) is 18.0 Å². The lowest BCUT2D eigenvalue weighted by atomic mass is 10.1. The van der Waals surface area contributed by atoms with Gasteiger partial charge < -0.3 is 11.1 Å². The zero-order valence-electron chi connectivity index (χ0n) is 9.40. The average Bonchev–Trinajstić information content (AvgIpc) is 2.59. The van der Waals surface area contributed by atoms with Gasteiger partial charge in [-0.05, 0) is 5.92 Å². The summed E-state index contributed by atoms with van der Waals surface area (Å²) in [6.07, 6.45) is 3.59. The fourth-order valence-electron chi connectivity index (χ4n) is 1.17. The van der Waals surface area contributed by atoms with Gasteiger partial charge in [0.25, 0.3) is 0 Å². The second-order valence-electron chi connectivity index (χ2n) is 4.01. The van der Waals surface area contributed by atoms with Crippen LogP contribution in [0.25, 0.3) is 0 Å². The van der Waals surface area contributed by atoms with Crippen LogP contribution in [0.15, 0.2) is 12.4 Å². The predicted octanol–water partition coefficient (Wildman–Crippen LogP) is 0.0196. The Balaban J connectivity index is 2.40. The lowest BCUT2D eigenvalue weighted by molar-refractivity contribution is -0.123. The molecule has 0 aliphatic carbocycles. The zero-order valence-corrected chi connectivity index (χ0v) is 9.40. The Morgan fingerprint density at radius 3 is 2.80 bits per heavy atom. The Bertz CT molecular complexity index is 332. The molecule has 15 heavy (non-hydrogen) atoms. The van der Waals surface area contributed by atoms with Gasteiger partial charge in [0.2, 0.25) is 5.91 Å². The lowest BCUT2D eigenvalue weighted by Gasteiger charge is -2.14. The third-order valence-electron chi connectivity index (χ3n) is 2.25. The average molecular weight is 210 g/mol. The van der Waals surface area contributed by atoms with Crippen molar-refractivity contribution in [1.82, 2.24) is 15.1 Å². The molecule has 0 fully saturated rings. The van der Waals surface area contributed by atoms with E-state index in [0.29, 0.717) is 6.54 Å². The summed E-state index contributed by atoms with van der Waals surface area (Å²) in [6.45, 7) is 4.33. The minimum Gasteiger partial charge on any atom is -0.351 e. The Labute approximate surface area is 89.6 Å². The van der Waals surface area contributed by atoms with Gasteiger partial charge in [0.1, 0.15) is 0 Å². The van der Waals surface area contributed by atoms with Gasteiger partial charge in [-0.1, -0.05) is 13.8 Å². The number of aromatic nitrogens is 2. The van der Waals surface area contributed by atoms with Crippen molar-refractivity contribution in [2.45, 2.75) is 26.4 Å². The van der Waals surface area contributed by atoms with E-state index in [2.05, 4.69) is 10.4 Å². The molecule has 1 atom stereocenters. The van der Waals surface area contributed by atoms with Crippen LogP contribution in [0.3, 0.4) is 0 Å². The summed E-state index contributed by atoms with van der Waals surface area (Å²) >= 11 is 0. The summed E-state index contributed by atoms with van der Waals surface area (Å²) in [5, 5.41) is 6.78. The molecular weight excluding hydrogens is 192 g/mol. The van der Waals surface area contributed by atoms with Crippen LogP contribution in [0, 0.1) is 5.92 Å². The molecule has 1 aromatic rings. The van der Waals surface area contributed by atoms with E-state index in [1.54, 1.807) is 10.9 Å². The van der Waals surface area contributed by atoms with Gasteiger partial charge in [0.05, 0.1) is 12.2 Å². The molecular formula is C10H18N4O. The number of amides is 1. The Morgan fingerprint density at radius 1 is 1.67 bits per heavy atom. The number of aryl methyl sites for hydroxylation is 1. The number of carbonyl (C=O) groups excluding carboxylic acids is 1. The molecule has 1 heterocycles. The van der Waals surface area contributed by atoms with Crippen molar-refractivity contribution in [1.29, 1.82) is 0 Å². The van der Waals surface area contributed by atoms with Crippen LogP contribution in [0.2, 0.25) is 0 Å². The zero-order chi connectivity index (χ0) is 11.4. The van der Waals surface area contributed by atoms with Crippen LogP contribution in [0.1, 0.15) is 19.4 Å². The fraction of sp³-hybridized carbons (Fsp3) is 0.600. The number of hydrogen-bond donors (Lipinski definition) is 2. The maximum Gasteiger partial charge on any atom is 0.237 e. The third-order valence-corrected chi connectivity index (χ3v) is 2.25. The molecule has 5 nitrogen and oxygen atoms in total. The van der Waals surface area contributed by atoms with Gasteiger partial charge in [-0.15, -0.1) is 0 Å². The van der Waals surface area contributed by atoms with Crippen molar-refractivity contribution in [3.8, 4) is 0 Å². The fourth-order valence-corrected chi connectivity index (χ4v) is 1.17. The smallest absolute Gasteiger partial charge is 0.237 e. The molecule has 0 radical (unpaired) electrons. The number of hydrogen-bond acceptors (Lipinski definition) is 3. The Morgan fingerprint density at radius 2 is 2.33 bits per heavy atom. The SMILES string of the molecule is CC(C)C(N)C(=O)NCc1cnn(C)c1. The van der Waals surface area contributed by atoms with Crippen molar-refractivity contribution >= 4 is 5.91 Å². The standard InChI is InChI=1S/C10H18N4O/c1-7(2)9(11)10(15)12-4-8-5-13-14(3)6-8/h5-7,9H,4,11H2,1-3H3,(H,12,15). The van der Waals surface area contributed by atoms with Gasteiger partial charge >= 0.3 is 0 Å². The summed E-state index contributed by atoms with van der Waals surface area (Å²) in [4.78, 5) is 11.5. The van der Waals surface area contributed by atoms with Crippen LogP contribution in [-0.4, -0.2) is 21.7 Å². The van der Waals surface area contributed by atoms with E-state index in [9.17, 15) is 4.79 Å². The highest BCUT2D eigenvalue weighted by Crippen LogP contribution is 1.99. The molecule has 0 spiro atoms. The Kier molecular flexibility index (Phi) is 3.85. The van der Waals surface area contributed by atoms with Crippen LogP contribution in [0.4, 0.5) is 0 Å². The second kappa shape index (κ2) is 4.93. The highest BCUT2D eigenvalue weighted by atomic mass is 16.2. The maximum absolute atomic E-state index is 11.5. The van der Waals surface area contributed by atoms with Crippen LogP contribution in [-0.2, 0) is 18.4 Å². The minimum atomic E-state index is -0.443. The van der Waals surface area contributed by atoms with Crippen molar-refractivity contribution in [3.63, 3.8) is 0 Å². The first-order chi connectivity index (χ1) is 7.00. The summed E-state index contributed by atoms with van der Waals surface area (Å²) in [5.41, 5.74) is 6.67. The van der Waals surface area contributed by atoms with Gasteiger partial charge in [0, 0.05) is 25.4 Å². The Hall–Kier alpha value is -1.36. The molecule has 84 valence electrons. The quantitative estimate of drug-likeness (QED) is 0.735. The van der Waals surface area contributed by atoms with Crippen LogP contribution >= 0.6 is 0 Å². The van der Waals surface area contributed by atoms with E-state index < -0.39 is 6.04 Å². The molecule has 0 aliphatic heterocycles. The van der Waals surface area contributed by atoms with Gasteiger partial charge in [0.15, 0.2) is 0 Å². The first-order valence-corrected chi connectivity index (χ1v) is 5.01. The predicted molar refractivity (Wildman–Crippen MR) is 57.9 cm³/mol. The molecule has 1 amide bonds. The number of nitrogens with zero attached hydrogens (tertiary/aromatic N) is 2. The van der Waals surface area contributed by atoms with Crippen molar-refractivity contribution in [2.24, 2.45) is 18.7 Å². The molecule has 3 N–H and O–H groups in total. The monoisotopic (exact) mass is 210 g/mol. The van der Waals surface area contributed by atoms with Gasteiger partial charge in [-0.25, -0.2) is 0 Å². The normalized spacial score (nSPS) is 12.9. The van der Waals surface area contributed by atoms with Crippen molar-refractivity contribution in [2.75, 3.05) is 0 Å². The molecule has 0 saturated heterocycles. The molecule has 0 aliphatic rings. The van der Waals surface area contributed by atoms with E-state index in [-0.39, 0.29) is 11.8 Å². The number of rotatable bonds is 4. The largest absolute Gasteiger partial charge is 0.351 e. The second-order valence-corrected chi connectivity index (χ2v) is 4.01. The lowest BCUT2D eigenvalue weighted by Crippen LogP contribution is -2.43. The van der Waals surface area contributed by atoms with E-state index in [1.165, 1.54) is 0 Å². The molecule has 0 aromatic carbocycles. The van der Waals surface area contributed by atoms with E-state index in [1.807, 2.05) is 27.1 Å². The number of nitrogens with two attached hydrogens (primary N) is 1. The van der Waals surface area contributed by atoms with Crippen LogP contribution < -0.4 is 11.1 Å². The minimum absolute atomic E-state index is 0.117. The summed E-state index contributed by atoms with van der Waals surface area (Å²) in [6, 6.07) is -0.443. The molecule has 0 bridgehead atoms. The molecule has 1 unspecified atom stereocenters.